The number of carbonyl (C=O) groups is 3. The van der Waals surface area contributed by atoms with Crippen molar-refractivity contribution in [1.82, 2.24) is 10.2 Å². The van der Waals surface area contributed by atoms with Gasteiger partial charge >= 0.3 is 0 Å². The van der Waals surface area contributed by atoms with Gasteiger partial charge in [0.25, 0.3) is 0 Å². The van der Waals surface area contributed by atoms with Gasteiger partial charge in [0, 0.05) is 19.2 Å². The zero-order valence-corrected chi connectivity index (χ0v) is 12.1. The molecule has 0 aliphatic carbocycles. The first-order valence-electron chi connectivity index (χ1n) is 6.91. The molecule has 0 spiro atoms. The molecule has 1 aliphatic rings. The van der Waals surface area contributed by atoms with Crippen LogP contribution in [0.1, 0.15) is 19.8 Å². The Labute approximate surface area is 123 Å². The van der Waals surface area contributed by atoms with E-state index in [1.807, 2.05) is 18.2 Å². The summed E-state index contributed by atoms with van der Waals surface area (Å²) < 4.78 is 0. The van der Waals surface area contributed by atoms with E-state index in [4.69, 9.17) is 0 Å². The molecule has 6 heteroatoms. The minimum Gasteiger partial charge on any atom is -0.325 e. The maximum Gasteiger partial charge on any atom is 0.246 e. The van der Waals surface area contributed by atoms with Crippen LogP contribution < -0.4 is 10.6 Å². The molecule has 1 aliphatic heterocycles. The number of anilines is 1. The third-order valence-corrected chi connectivity index (χ3v) is 3.54. The first kappa shape index (κ1) is 15.2. The zero-order chi connectivity index (χ0) is 15.4. The minimum atomic E-state index is -0.527. The summed E-state index contributed by atoms with van der Waals surface area (Å²) in [5.74, 6) is -0.682. The first-order valence-corrected chi connectivity index (χ1v) is 6.91. The summed E-state index contributed by atoms with van der Waals surface area (Å²) >= 11 is 0. The van der Waals surface area contributed by atoms with Gasteiger partial charge in [-0.1, -0.05) is 18.2 Å². The smallest absolute Gasteiger partial charge is 0.246 e. The van der Waals surface area contributed by atoms with E-state index < -0.39 is 12.1 Å². The highest BCUT2D eigenvalue weighted by atomic mass is 16.2. The second-order valence-corrected chi connectivity index (χ2v) is 5.13. The number of carbonyl (C=O) groups excluding carboxylic acids is 3. The molecule has 1 aromatic rings. The lowest BCUT2D eigenvalue weighted by Crippen LogP contribution is -2.55. The van der Waals surface area contributed by atoms with Gasteiger partial charge in [-0.15, -0.1) is 0 Å². The van der Waals surface area contributed by atoms with Crippen molar-refractivity contribution in [2.45, 2.75) is 31.8 Å². The lowest BCUT2D eigenvalue weighted by atomic mass is 10.0. The Kier molecular flexibility index (Phi) is 4.70. The van der Waals surface area contributed by atoms with Gasteiger partial charge in [-0.3, -0.25) is 24.6 Å². The number of likely N-dealkylation sites (tertiary alicyclic amines) is 1. The number of piperidine rings is 1. The molecule has 3 amide bonds. The average molecular weight is 289 g/mol. The van der Waals surface area contributed by atoms with Crippen LogP contribution in [-0.4, -0.2) is 41.8 Å². The molecule has 1 heterocycles. The SMILES string of the molecule is CC(NC1CCC(=O)N(C)C1=O)C(=O)Nc1ccccc1. The summed E-state index contributed by atoms with van der Waals surface area (Å²) in [5.41, 5.74) is 0.707. The maximum absolute atomic E-state index is 12.1. The van der Waals surface area contributed by atoms with Crippen molar-refractivity contribution in [1.29, 1.82) is 0 Å². The Morgan fingerprint density at radius 2 is 1.95 bits per heavy atom. The summed E-state index contributed by atoms with van der Waals surface area (Å²) in [7, 11) is 1.47. The number of para-hydroxylation sites is 1. The number of benzene rings is 1. The molecular weight excluding hydrogens is 270 g/mol. The third-order valence-electron chi connectivity index (χ3n) is 3.54. The van der Waals surface area contributed by atoms with Crippen molar-refractivity contribution >= 4 is 23.4 Å². The molecule has 0 bridgehead atoms. The molecule has 0 saturated carbocycles. The minimum absolute atomic E-state index is 0.181. The molecule has 6 nitrogen and oxygen atoms in total. The predicted molar refractivity (Wildman–Crippen MR) is 78.5 cm³/mol. The molecule has 21 heavy (non-hydrogen) atoms. The molecule has 2 unspecified atom stereocenters. The largest absolute Gasteiger partial charge is 0.325 e. The number of rotatable bonds is 4. The lowest BCUT2D eigenvalue weighted by molar-refractivity contribution is -0.148. The molecule has 2 atom stereocenters. The standard InChI is InChI=1S/C15H19N3O3/c1-10(14(20)17-11-6-4-3-5-7-11)16-12-8-9-13(19)18(2)15(12)21/h3-7,10,12,16H,8-9H2,1-2H3,(H,17,20). The molecular formula is C15H19N3O3. The molecule has 0 radical (unpaired) electrons. The van der Waals surface area contributed by atoms with Gasteiger partial charge in [-0.2, -0.15) is 0 Å². The van der Waals surface area contributed by atoms with E-state index in [1.165, 1.54) is 7.05 Å². The summed E-state index contributed by atoms with van der Waals surface area (Å²) in [6.07, 6.45) is 0.734. The van der Waals surface area contributed by atoms with Crippen LogP contribution in [-0.2, 0) is 14.4 Å². The van der Waals surface area contributed by atoms with Gasteiger partial charge in [-0.25, -0.2) is 0 Å². The maximum atomic E-state index is 12.1. The van der Waals surface area contributed by atoms with Crippen LogP contribution in [0.25, 0.3) is 0 Å². The molecule has 1 saturated heterocycles. The van der Waals surface area contributed by atoms with Crippen LogP contribution in [0, 0.1) is 0 Å². The van der Waals surface area contributed by atoms with Crippen LogP contribution in [0.2, 0.25) is 0 Å². The van der Waals surface area contributed by atoms with E-state index in [1.54, 1.807) is 19.1 Å². The Hall–Kier alpha value is -2.21. The van der Waals surface area contributed by atoms with E-state index in [0.29, 0.717) is 18.5 Å². The Morgan fingerprint density at radius 1 is 1.29 bits per heavy atom. The van der Waals surface area contributed by atoms with E-state index in [-0.39, 0.29) is 17.7 Å². The van der Waals surface area contributed by atoms with Crippen LogP contribution >= 0.6 is 0 Å². The molecule has 2 N–H and O–H groups in total. The monoisotopic (exact) mass is 289 g/mol. The first-order chi connectivity index (χ1) is 9.99. The fourth-order valence-electron chi connectivity index (χ4n) is 2.22. The number of likely N-dealkylation sites (N-methyl/N-ethyl adjacent to an activating group) is 1. The van der Waals surface area contributed by atoms with Gasteiger partial charge < -0.3 is 5.32 Å². The highest BCUT2D eigenvalue weighted by molar-refractivity contribution is 6.01. The van der Waals surface area contributed by atoms with Crippen molar-refractivity contribution in [3.63, 3.8) is 0 Å². The van der Waals surface area contributed by atoms with E-state index >= 15 is 0 Å². The molecule has 0 aromatic heterocycles. The van der Waals surface area contributed by atoms with Crippen molar-refractivity contribution in [2.75, 3.05) is 12.4 Å². The molecule has 112 valence electrons. The molecule has 1 aromatic carbocycles. The van der Waals surface area contributed by atoms with Crippen molar-refractivity contribution < 1.29 is 14.4 Å². The highest BCUT2D eigenvalue weighted by Gasteiger charge is 2.33. The normalized spacial score (nSPS) is 20.3. The fourth-order valence-corrected chi connectivity index (χ4v) is 2.22. The lowest BCUT2D eigenvalue weighted by Gasteiger charge is -2.30. The Balaban J connectivity index is 1.92. The summed E-state index contributed by atoms with van der Waals surface area (Å²) in [6.45, 7) is 1.70. The number of hydrogen-bond donors (Lipinski definition) is 2. The van der Waals surface area contributed by atoms with E-state index in [0.717, 1.165) is 4.90 Å². The number of hydrogen-bond acceptors (Lipinski definition) is 4. The van der Waals surface area contributed by atoms with Gasteiger partial charge in [-0.05, 0) is 25.5 Å². The third kappa shape index (κ3) is 3.66. The highest BCUT2D eigenvalue weighted by Crippen LogP contribution is 2.12. The molecule has 2 rings (SSSR count). The number of nitrogens with one attached hydrogen (secondary N) is 2. The topological polar surface area (TPSA) is 78.5 Å². The summed E-state index contributed by atoms with van der Waals surface area (Å²) in [4.78, 5) is 36.6. The number of imide groups is 1. The summed E-state index contributed by atoms with van der Waals surface area (Å²) in [6, 6.07) is 8.10. The summed E-state index contributed by atoms with van der Waals surface area (Å²) in [5, 5.41) is 5.76. The van der Waals surface area contributed by atoms with Gasteiger partial charge in [0.15, 0.2) is 0 Å². The van der Waals surface area contributed by atoms with Crippen molar-refractivity contribution in [2.24, 2.45) is 0 Å². The zero-order valence-electron chi connectivity index (χ0n) is 12.1. The van der Waals surface area contributed by atoms with Crippen LogP contribution in [0.5, 0.6) is 0 Å². The second kappa shape index (κ2) is 6.49. The number of amides is 3. The van der Waals surface area contributed by atoms with Gasteiger partial charge in [0.1, 0.15) is 0 Å². The van der Waals surface area contributed by atoms with Crippen molar-refractivity contribution in [3.05, 3.63) is 30.3 Å². The number of nitrogens with zero attached hydrogens (tertiary/aromatic N) is 1. The molecule has 1 fully saturated rings. The predicted octanol–water partition coefficient (Wildman–Crippen LogP) is 0.751. The van der Waals surface area contributed by atoms with E-state index in [2.05, 4.69) is 10.6 Å². The van der Waals surface area contributed by atoms with Gasteiger partial charge in [0.05, 0.1) is 12.1 Å². The second-order valence-electron chi connectivity index (χ2n) is 5.13. The quantitative estimate of drug-likeness (QED) is 0.802. The van der Waals surface area contributed by atoms with Crippen LogP contribution in [0.4, 0.5) is 5.69 Å². The fraction of sp³-hybridized carbons (Fsp3) is 0.400. The van der Waals surface area contributed by atoms with Crippen LogP contribution in [0.3, 0.4) is 0 Å². The van der Waals surface area contributed by atoms with Gasteiger partial charge in [0.2, 0.25) is 17.7 Å². The van der Waals surface area contributed by atoms with Crippen LogP contribution in [0.15, 0.2) is 30.3 Å². The Morgan fingerprint density at radius 3 is 2.62 bits per heavy atom. The van der Waals surface area contributed by atoms with E-state index in [9.17, 15) is 14.4 Å². The average Bonchev–Trinajstić information content (AvgIpc) is 2.48. The van der Waals surface area contributed by atoms with Crippen molar-refractivity contribution in [3.8, 4) is 0 Å². The Bertz CT molecular complexity index is 544.